The first-order valence-electron chi connectivity index (χ1n) is 10.7. The van der Waals surface area contributed by atoms with E-state index in [1.54, 1.807) is 13.3 Å². The first-order chi connectivity index (χ1) is 14.5. The number of carbonyl (C=O) groups excluding carboxylic acids is 1. The van der Waals surface area contributed by atoms with E-state index in [2.05, 4.69) is 39.2 Å². The maximum atomic E-state index is 11.3. The van der Waals surface area contributed by atoms with Crippen LogP contribution in [0.3, 0.4) is 0 Å². The average Bonchev–Trinajstić information content (AvgIpc) is 3.44. The molecule has 30 heavy (non-hydrogen) atoms. The molecule has 1 saturated carbocycles. The molecule has 1 unspecified atom stereocenters. The molecule has 2 aliphatic rings. The molecule has 2 atom stereocenters. The van der Waals surface area contributed by atoms with Crippen LogP contribution in [0.1, 0.15) is 51.0 Å². The van der Waals surface area contributed by atoms with Gasteiger partial charge in [0.25, 0.3) is 0 Å². The second-order valence-electron chi connectivity index (χ2n) is 8.53. The number of hydrogen-bond donors (Lipinski definition) is 1. The molecule has 160 valence electrons. The van der Waals surface area contributed by atoms with E-state index >= 15 is 0 Å². The molecule has 2 aromatic rings. The van der Waals surface area contributed by atoms with Crippen molar-refractivity contribution in [3.63, 3.8) is 0 Å². The molecule has 1 saturated heterocycles. The van der Waals surface area contributed by atoms with Crippen LogP contribution in [0.25, 0.3) is 0 Å². The lowest BCUT2D eigenvalue weighted by atomic mass is 9.96. The van der Waals surface area contributed by atoms with E-state index in [1.165, 1.54) is 12.8 Å². The summed E-state index contributed by atoms with van der Waals surface area (Å²) in [6.45, 7) is 6.21. The smallest absolute Gasteiger partial charge is 0.153 e. The minimum atomic E-state index is 0.0828. The van der Waals surface area contributed by atoms with Gasteiger partial charge >= 0.3 is 0 Å². The maximum absolute atomic E-state index is 11.3. The number of halogens is 1. The predicted octanol–water partition coefficient (Wildman–Crippen LogP) is 4.69. The molecule has 1 aliphatic heterocycles. The van der Waals surface area contributed by atoms with Crippen molar-refractivity contribution in [2.75, 3.05) is 29.9 Å². The number of aromatic nitrogens is 2. The van der Waals surface area contributed by atoms with Gasteiger partial charge in [0.1, 0.15) is 34.8 Å². The number of anilines is 2. The van der Waals surface area contributed by atoms with E-state index in [9.17, 15) is 4.79 Å². The van der Waals surface area contributed by atoms with Crippen molar-refractivity contribution in [2.24, 2.45) is 5.92 Å². The lowest BCUT2D eigenvalue weighted by Crippen LogP contribution is -2.26. The number of nitrogens with zero attached hydrogens (tertiary/aromatic N) is 3. The van der Waals surface area contributed by atoms with Crippen molar-refractivity contribution in [1.82, 2.24) is 9.97 Å². The van der Waals surface area contributed by atoms with Crippen molar-refractivity contribution in [1.29, 1.82) is 0 Å². The second kappa shape index (κ2) is 9.21. The third-order valence-corrected chi connectivity index (χ3v) is 6.16. The Morgan fingerprint density at radius 3 is 2.73 bits per heavy atom. The SMILES string of the molecule is CC(=O)C[C@@H](C)c1ccc(OC2CCN(c3ncnc(NCC4CC4)c3Cl)C2)cc1. The molecule has 6 nitrogen and oxygen atoms in total. The van der Waals surface area contributed by atoms with Gasteiger partial charge in [0, 0.05) is 25.9 Å². The van der Waals surface area contributed by atoms with Crippen molar-refractivity contribution in [3.05, 3.63) is 41.2 Å². The normalized spacial score (nSPS) is 19.6. The van der Waals surface area contributed by atoms with Gasteiger partial charge in [-0.1, -0.05) is 30.7 Å². The third-order valence-electron chi connectivity index (χ3n) is 5.82. The molecule has 0 amide bonds. The van der Waals surface area contributed by atoms with E-state index in [4.69, 9.17) is 16.3 Å². The quantitative estimate of drug-likeness (QED) is 0.624. The summed E-state index contributed by atoms with van der Waals surface area (Å²) in [7, 11) is 0. The molecule has 0 spiro atoms. The molecule has 0 radical (unpaired) electrons. The van der Waals surface area contributed by atoms with Crippen molar-refractivity contribution >= 4 is 29.0 Å². The summed E-state index contributed by atoms with van der Waals surface area (Å²) in [4.78, 5) is 22.2. The fraction of sp³-hybridized carbons (Fsp3) is 0.522. The summed E-state index contributed by atoms with van der Waals surface area (Å²) >= 11 is 6.59. The summed E-state index contributed by atoms with van der Waals surface area (Å²) < 4.78 is 6.19. The number of nitrogens with one attached hydrogen (secondary N) is 1. The molecular formula is C23H29ClN4O2. The Labute approximate surface area is 183 Å². The number of hydrogen-bond acceptors (Lipinski definition) is 6. The molecule has 1 aromatic heterocycles. The fourth-order valence-electron chi connectivity index (χ4n) is 3.90. The van der Waals surface area contributed by atoms with E-state index in [0.29, 0.717) is 17.3 Å². The van der Waals surface area contributed by atoms with Gasteiger partial charge < -0.3 is 19.7 Å². The van der Waals surface area contributed by atoms with Gasteiger partial charge in [-0.05, 0) is 49.3 Å². The van der Waals surface area contributed by atoms with Gasteiger partial charge in [-0.3, -0.25) is 0 Å². The van der Waals surface area contributed by atoms with Crippen LogP contribution in [-0.2, 0) is 4.79 Å². The highest BCUT2D eigenvalue weighted by atomic mass is 35.5. The van der Waals surface area contributed by atoms with Crippen LogP contribution in [0, 0.1) is 5.92 Å². The number of Topliss-reactive ketones (excluding diaryl/α,β-unsaturated/α-hetero) is 1. The third kappa shape index (κ3) is 5.22. The Bertz CT molecular complexity index is 885. The van der Waals surface area contributed by atoms with Crippen LogP contribution in [0.15, 0.2) is 30.6 Å². The Balaban J connectivity index is 1.34. The zero-order chi connectivity index (χ0) is 21.1. The van der Waals surface area contributed by atoms with Crippen LogP contribution < -0.4 is 15.0 Å². The standard InChI is InChI=1S/C23H29ClN4O2/c1-15(11-16(2)29)18-5-7-19(8-6-18)30-20-9-10-28(13-20)23-21(24)22(26-14-27-23)25-12-17-3-4-17/h5-8,14-15,17,20H,3-4,9-13H2,1-2H3,(H,25,26,27)/t15-,20?/m1/s1. The van der Waals surface area contributed by atoms with Crippen LogP contribution >= 0.6 is 11.6 Å². The molecule has 4 rings (SSSR count). The zero-order valence-corrected chi connectivity index (χ0v) is 18.4. The van der Waals surface area contributed by atoms with Gasteiger partial charge in [-0.15, -0.1) is 0 Å². The van der Waals surface area contributed by atoms with Crippen LogP contribution in [0.2, 0.25) is 5.02 Å². The molecule has 2 fully saturated rings. The first-order valence-corrected chi connectivity index (χ1v) is 11.1. The van der Waals surface area contributed by atoms with E-state index in [-0.39, 0.29) is 17.8 Å². The number of benzene rings is 1. The van der Waals surface area contributed by atoms with Gasteiger partial charge in [-0.2, -0.15) is 0 Å². The summed E-state index contributed by atoms with van der Waals surface area (Å²) in [5.41, 5.74) is 1.16. The van der Waals surface area contributed by atoms with Crippen LogP contribution in [0.4, 0.5) is 11.6 Å². The average molecular weight is 429 g/mol. The minimum Gasteiger partial charge on any atom is -0.489 e. The van der Waals surface area contributed by atoms with Gasteiger partial charge in [0.05, 0.1) is 6.54 Å². The number of ether oxygens (including phenoxy) is 1. The highest BCUT2D eigenvalue weighted by Gasteiger charge is 2.28. The summed E-state index contributed by atoms with van der Waals surface area (Å²) in [5.74, 6) is 3.52. The Hall–Kier alpha value is -2.34. The van der Waals surface area contributed by atoms with Crippen molar-refractivity contribution < 1.29 is 9.53 Å². The first kappa shape index (κ1) is 20.9. The Morgan fingerprint density at radius 2 is 2.03 bits per heavy atom. The largest absolute Gasteiger partial charge is 0.489 e. The second-order valence-corrected chi connectivity index (χ2v) is 8.91. The number of rotatable bonds is 9. The topological polar surface area (TPSA) is 67.3 Å². The lowest BCUT2D eigenvalue weighted by molar-refractivity contribution is -0.117. The maximum Gasteiger partial charge on any atom is 0.153 e. The highest BCUT2D eigenvalue weighted by Crippen LogP contribution is 2.34. The van der Waals surface area contributed by atoms with E-state index in [0.717, 1.165) is 49.1 Å². The van der Waals surface area contributed by atoms with E-state index < -0.39 is 0 Å². The molecular weight excluding hydrogens is 400 g/mol. The van der Waals surface area contributed by atoms with Gasteiger partial charge in [-0.25, -0.2) is 9.97 Å². The van der Waals surface area contributed by atoms with Gasteiger partial charge in [0.15, 0.2) is 5.82 Å². The van der Waals surface area contributed by atoms with Crippen molar-refractivity contribution in [3.8, 4) is 5.75 Å². The fourth-order valence-corrected chi connectivity index (χ4v) is 4.18. The molecule has 1 aromatic carbocycles. The lowest BCUT2D eigenvalue weighted by Gasteiger charge is -2.20. The number of carbonyl (C=O) groups is 1. The zero-order valence-electron chi connectivity index (χ0n) is 17.6. The summed E-state index contributed by atoms with van der Waals surface area (Å²) in [6.07, 6.45) is 5.70. The van der Waals surface area contributed by atoms with Crippen LogP contribution in [0.5, 0.6) is 5.75 Å². The Morgan fingerprint density at radius 1 is 1.27 bits per heavy atom. The van der Waals surface area contributed by atoms with Crippen LogP contribution in [-0.4, -0.2) is 41.5 Å². The molecule has 2 heterocycles. The Kier molecular flexibility index (Phi) is 6.42. The monoisotopic (exact) mass is 428 g/mol. The summed E-state index contributed by atoms with van der Waals surface area (Å²) in [5, 5.41) is 3.94. The number of ketones is 1. The molecule has 7 heteroatoms. The molecule has 1 N–H and O–H groups in total. The van der Waals surface area contributed by atoms with E-state index in [1.807, 2.05) is 12.1 Å². The predicted molar refractivity (Wildman–Crippen MR) is 120 cm³/mol. The molecule has 1 aliphatic carbocycles. The highest BCUT2D eigenvalue weighted by molar-refractivity contribution is 6.35. The van der Waals surface area contributed by atoms with Gasteiger partial charge in [0.2, 0.25) is 0 Å². The molecule has 0 bridgehead atoms. The van der Waals surface area contributed by atoms with Crippen molar-refractivity contribution in [2.45, 2.75) is 51.6 Å². The minimum absolute atomic E-state index is 0.0828. The summed E-state index contributed by atoms with van der Waals surface area (Å²) in [6, 6.07) is 8.09.